The monoisotopic (exact) mass is 524 g/mol. The number of carbonyl (C=O) groups is 2. The number of hydrogen-bond acceptors (Lipinski definition) is 4. The van der Waals surface area contributed by atoms with Crippen LogP contribution in [0.2, 0.25) is 5.02 Å². The minimum Gasteiger partial charge on any atom is -0.464 e. The highest BCUT2D eigenvalue weighted by Crippen LogP contribution is 2.27. The summed E-state index contributed by atoms with van der Waals surface area (Å²) in [5, 5.41) is 3.80. The van der Waals surface area contributed by atoms with Crippen LogP contribution >= 0.6 is 34.2 Å². The second kappa shape index (κ2) is 10.1. The number of hydrogen-bond donors (Lipinski definition) is 1. The van der Waals surface area contributed by atoms with Gasteiger partial charge in [0.15, 0.2) is 0 Å². The van der Waals surface area contributed by atoms with E-state index in [1.54, 1.807) is 24.0 Å². The van der Waals surface area contributed by atoms with Crippen LogP contribution in [0.3, 0.4) is 0 Å². The first kappa shape index (κ1) is 21.6. The largest absolute Gasteiger partial charge is 0.464 e. The molecule has 1 fully saturated rings. The molecule has 0 aliphatic carbocycles. The number of rotatable bonds is 7. The molecule has 152 valence electrons. The topological polar surface area (TPSA) is 58.6 Å². The highest BCUT2D eigenvalue weighted by atomic mass is 127. The summed E-state index contributed by atoms with van der Waals surface area (Å²) in [7, 11) is 0. The van der Waals surface area contributed by atoms with Gasteiger partial charge in [-0.15, -0.1) is 0 Å². The molecule has 5 nitrogen and oxygen atoms in total. The zero-order valence-corrected chi connectivity index (χ0v) is 18.9. The second-order valence-electron chi connectivity index (χ2n) is 6.58. The Labute approximate surface area is 189 Å². The third-order valence-electron chi connectivity index (χ3n) is 4.62. The molecule has 3 rings (SSSR count). The molecule has 1 saturated heterocycles. The SMILES string of the molecule is CCOC(=O)[C@@H](C/C=C1\CCN(c2ccccc2)C1=O)Nc1cc(Cl)ccc1I. The summed E-state index contributed by atoms with van der Waals surface area (Å²) < 4.78 is 6.16. The van der Waals surface area contributed by atoms with Gasteiger partial charge in [-0.05, 0) is 72.7 Å². The second-order valence-corrected chi connectivity index (χ2v) is 8.18. The Morgan fingerprint density at radius 3 is 2.79 bits per heavy atom. The van der Waals surface area contributed by atoms with E-state index in [1.807, 2.05) is 42.5 Å². The first-order valence-corrected chi connectivity index (χ1v) is 10.9. The fraction of sp³-hybridized carbons (Fsp3) is 0.273. The van der Waals surface area contributed by atoms with Crippen molar-refractivity contribution >= 4 is 57.4 Å². The molecule has 1 N–H and O–H groups in total. The van der Waals surface area contributed by atoms with Gasteiger partial charge in [0, 0.05) is 32.1 Å². The van der Waals surface area contributed by atoms with Crippen molar-refractivity contribution in [3.05, 3.63) is 68.8 Å². The van der Waals surface area contributed by atoms with Crippen molar-refractivity contribution in [3.63, 3.8) is 0 Å². The van der Waals surface area contributed by atoms with Crippen LogP contribution in [0.1, 0.15) is 19.8 Å². The van der Waals surface area contributed by atoms with Gasteiger partial charge >= 0.3 is 5.97 Å². The Balaban J connectivity index is 1.75. The molecule has 0 aromatic heterocycles. The van der Waals surface area contributed by atoms with Gasteiger partial charge in [-0.3, -0.25) is 4.79 Å². The number of benzene rings is 2. The molecule has 1 atom stereocenters. The van der Waals surface area contributed by atoms with E-state index in [0.717, 1.165) is 14.9 Å². The molecule has 1 amide bonds. The van der Waals surface area contributed by atoms with E-state index in [0.29, 0.717) is 36.6 Å². The van der Waals surface area contributed by atoms with Crippen LogP contribution in [-0.2, 0) is 14.3 Å². The predicted octanol–water partition coefficient (Wildman–Crippen LogP) is 5.04. The number of ether oxygens (including phenoxy) is 1. The van der Waals surface area contributed by atoms with Crippen LogP contribution in [-0.4, -0.2) is 31.1 Å². The number of esters is 1. The van der Waals surface area contributed by atoms with Crippen molar-refractivity contribution in [3.8, 4) is 0 Å². The van der Waals surface area contributed by atoms with Gasteiger partial charge in [0.2, 0.25) is 0 Å². The lowest BCUT2D eigenvalue weighted by Crippen LogP contribution is -2.31. The third kappa shape index (κ3) is 5.51. The number of nitrogens with zero attached hydrogens (tertiary/aromatic N) is 1. The molecule has 1 aliphatic heterocycles. The van der Waals surface area contributed by atoms with Crippen molar-refractivity contribution in [1.82, 2.24) is 0 Å². The fourth-order valence-corrected chi connectivity index (χ4v) is 3.83. The summed E-state index contributed by atoms with van der Waals surface area (Å²) >= 11 is 8.28. The Kier molecular flexibility index (Phi) is 7.55. The molecular weight excluding hydrogens is 503 g/mol. The lowest BCUT2D eigenvalue weighted by molar-refractivity contribution is -0.144. The molecule has 0 unspecified atom stereocenters. The molecular formula is C22H22ClIN2O3. The summed E-state index contributed by atoms with van der Waals surface area (Å²) in [4.78, 5) is 27.0. The van der Waals surface area contributed by atoms with Crippen molar-refractivity contribution in [1.29, 1.82) is 0 Å². The first-order valence-electron chi connectivity index (χ1n) is 9.43. The average molecular weight is 525 g/mol. The average Bonchev–Trinajstić information content (AvgIpc) is 3.09. The van der Waals surface area contributed by atoms with E-state index in [4.69, 9.17) is 16.3 Å². The van der Waals surface area contributed by atoms with E-state index >= 15 is 0 Å². The van der Waals surface area contributed by atoms with Gasteiger partial charge in [-0.25, -0.2) is 4.79 Å². The minimum atomic E-state index is -0.604. The lowest BCUT2D eigenvalue weighted by Gasteiger charge is -2.18. The van der Waals surface area contributed by atoms with Gasteiger partial charge in [-0.1, -0.05) is 35.9 Å². The maximum absolute atomic E-state index is 12.8. The smallest absolute Gasteiger partial charge is 0.328 e. The molecule has 1 aliphatic rings. The maximum Gasteiger partial charge on any atom is 0.328 e. The van der Waals surface area contributed by atoms with Gasteiger partial charge < -0.3 is 15.0 Å². The van der Waals surface area contributed by atoms with Crippen LogP contribution in [0.4, 0.5) is 11.4 Å². The van der Waals surface area contributed by atoms with Crippen molar-refractivity contribution in [2.45, 2.75) is 25.8 Å². The van der Waals surface area contributed by atoms with E-state index in [-0.39, 0.29) is 11.9 Å². The molecule has 29 heavy (non-hydrogen) atoms. The molecule has 0 saturated carbocycles. The van der Waals surface area contributed by atoms with Gasteiger partial charge in [-0.2, -0.15) is 0 Å². The third-order valence-corrected chi connectivity index (χ3v) is 5.80. The number of halogens is 2. The predicted molar refractivity (Wildman–Crippen MR) is 124 cm³/mol. The Hall–Kier alpha value is -2.06. The summed E-state index contributed by atoms with van der Waals surface area (Å²) in [6.07, 6.45) is 2.85. The molecule has 0 spiro atoms. The number of amides is 1. The quantitative estimate of drug-likeness (QED) is 0.313. The fourth-order valence-electron chi connectivity index (χ4n) is 3.17. The van der Waals surface area contributed by atoms with E-state index < -0.39 is 6.04 Å². The van der Waals surface area contributed by atoms with Gasteiger partial charge in [0.05, 0.1) is 6.61 Å². The zero-order valence-electron chi connectivity index (χ0n) is 16.0. The van der Waals surface area contributed by atoms with Crippen molar-refractivity contribution in [2.24, 2.45) is 0 Å². The van der Waals surface area contributed by atoms with E-state index in [2.05, 4.69) is 27.9 Å². The normalized spacial score (nSPS) is 16.2. The van der Waals surface area contributed by atoms with Crippen LogP contribution in [0.5, 0.6) is 0 Å². The van der Waals surface area contributed by atoms with Gasteiger partial charge in [0.1, 0.15) is 6.04 Å². The van der Waals surface area contributed by atoms with Crippen molar-refractivity contribution < 1.29 is 14.3 Å². The van der Waals surface area contributed by atoms with E-state index in [1.165, 1.54) is 0 Å². The van der Waals surface area contributed by atoms with Crippen LogP contribution in [0.25, 0.3) is 0 Å². The molecule has 2 aromatic carbocycles. The van der Waals surface area contributed by atoms with Crippen LogP contribution in [0, 0.1) is 3.57 Å². The highest BCUT2D eigenvalue weighted by molar-refractivity contribution is 14.1. The summed E-state index contributed by atoms with van der Waals surface area (Å²) in [5.41, 5.74) is 2.36. The molecule has 0 radical (unpaired) electrons. The molecule has 2 aromatic rings. The number of para-hydroxylation sites is 1. The molecule has 7 heteroatoms. The van der Waals surface area contributed by atoms with Gasteiger partial charge in [0.25, 0.3) is 5.91 Å². The summed E-state index contributed by atoms with van der Waals surface area (Å²) in [5.74, 6) is -0.373. The van der Waals surface area contributed by atoms with Crippen molar-refractivity contribution in [2.75, 3.05) is 23.4 Å². The zero-order chi connectivity index (χ0) is 20.8. The Morgan fingerprint density at radius 1 is 1.31 bits per heavy atom. The summed E-state index contributed by atoms with van der Waals surface area (Å²) in [6.45, 7) is 2.70. The van der Waals surface area contributed by atoms with Crippen LogP contribution < -0.4 is 10.2 Å². The van der Waals surface area contributed by atoms with E-state index in [9.17, 15) is 9.59 Å². The lowest BCUT2D eigenvalue weighted by atomic mass is 10.1. The number of nitrogens with one attached hydrogen (secondary N) is 1. The number of carbonyl (C=O) groups excluding carboxylic acids is 2. The standard InChI is InChI=1S/C22H22ClIN2O3/c1-2-29-22(28)19(25-20-14-16(23)9-10-18(20)24)11-8-15-12-13-26(21(15)27)17-6-4-3-5-7-17/h3-10,14,19,25H,2,11-13H2,1H3/b15-8+/t19-/m1/s1. The molecule has 0 bridgehead atoms. The Morgan fingerprint density at radius 2 is 2.07 bits per heavy atom. The number of anilines is 2. The molecule has 1 heterocycles. The minimum absolute atomic E-state index is 0.0175. The maximum atomic E-state index is 12.8. The highest BCUT2D eigenvalue weighted by Gasteiger charge is 2.28. The van der Waals surface area contributed by atoms with Crippen LogP contribution in [0.15, 0.2) is 60.2 Å². The first-order chi connectivity index (χ1) is 14.0. The Bertz CT molecular complexity index is 918. The summed E-state index contributed by atoms with van der Waals surface area (Å²) in [6, 6.07) is 14.4.